The topological polar surface area (TPSA) is 30.2 Å². The van der Waals surface area contributed by atoms with Crippen LogP contribution < -0.4 is 5.63 Å². The predicted octanol–water partition coefficient (Wildman–Crippen LogP) is 1.98. The molecule has 0 aromatic carbocycles. The second-order valence-electron chi connectivity index (χ2n) is 2.52. The van der Waals surface area contributed by atoms with Crippen molar-refractivity contribution in [1.29, 1.82) is 0 Å². The molecule has 1 heterocycles. The smallest absolute Gasteiger partial charge is 0.335 e. The van der Waals surface area contributed by atoms with E-state index in [1.807, 2.05) is 6.07 Å². The van der Waals surface area contributed by atoms with Crippen LogP contribution in [0, 0.1) is 0 Å². The molecule has 1 aromatic heterocycles. The molecule has 60 valence electrons. The highest BCUT2D eigenvalue weighted by atomic mass is 16.4. The van der Waals surface area contributed by atoms with Crippen molar-refractivity contribution in [2.45, 2.75) is 26.2 Å². The molecule has 0 spiro atoms. The highest BCUT2D eigenvalue weighted by Crippen LogP contribution is 2.00. The Morgan fingerprint density at radius 1 is 1.45 bits per heavy atom. The molecule has 0 saturated carbocycles. The molecule has 11 heavy (non-hydrogen) atoms. The average Bonchev–Trinajstić information content (AvgIpc) is 2.01. The number of rotatable bonds is 3. The van der Waals surface area contributed by atoms with E-state index in [0.29, 0.717) is 0 Å². The zero-order valence-corrected chi connectivity index (χ0v) is 6.67. The van der Waals surface area contributed by atoms with Gasteiger partial charge in [-0.05, 0) is 12.5 Å². The lowest BCUT2D eigenvalue weighted by molar-refractivity contribution is 0.453. The van der Waals surface area contributed by atoms with E-state index in [9.17, 15) is 4.79 Å². The lowest BCUT2D eigenvalue weighted by Crippen LogP contribution is -1.97. The van der Waals surface area contributed by atoms with Crippen molar-refractivity contribution in [3.05, 3.63) is 34.4 Å². The molecule has 0 atom stereocenters. The molecule has 0 radical (unpaired) electrons. The monoisotopic (exact) mass is 152 g/mol. The van der Waals surface area contributed by atoms with Gasteiger partial charge >= 0.3 is 5.63 Å². The Labute approximate surface area is 65.9 Å². The first-order chi connectivity index (χ1) is 5.33. The van der Waals surface area contributed by atoms with Gasteiger partial charge < -0.3 is 4.42 Å². The number of hydrogen-bond donors (Lipinski definition) is 0. The van der Waals surface area contributed by atoms with Crippen LogP contribution >= 0.6 is 0 Å². The first-order valence-corrected chi connectivity index (χ1v) is 3.92. The lowest BCUT2D eigenvalue weighted by atomic mass is 10.2. The Bertz CT molecular complexity index is 262. The quantitative estimate of drug-likeness (QED) is 0.663. The number of aryl methyl sites for hydroxylation is 1. The summed E-state index contributed by atoms with van der Waals surface area (Å²) in [6, 6.07) is 5.00. The van der Waals surface area contributed by atoms with Crippen LogP contribution in [0.2, 0.25) is 0 Å². The van der Waals surface area contributed by atoms with Gasteiger partial charge in [-0.1, -0.05) is 19.4 Å². The fraction of sp³-hybridized carbons (Fsp3) is 0.444. The third kappa shape index (κ3) is 2.58. The van der Waals surface area contributed by atoms with E-state index in [4.69, 9.17) is 4.42 Å². The Morgan fingerprint density at radius 2 is 2.27 bits per heavy atom. The van der Waals surface area contributed by atoms with Crippen molar-refractivity contribution in [2.75, 3.05) is 0 Å². The zero-order valence-electron chi connectivity index (χ0n) is 6.67. The standard InChI is InChI=1S/C9H12O2/c1-2-3-5-8-6-4-7-9(10)11-8/h4,6-7H,2-3,5H2,1H3. The van der Waals surface area contributed by atoms with Crippen LogP contribution in [0.5, 0.6) is 0 Å². The van der Waals surface area contributed by atoms with Crippen LogP contribution in [0.4, 0.5) is 0 Å². The summed E-state index contributed by atoms with van der Waals surface area (Å²) in [6.07, 6.45) is 3.07. The molecule has 0 saturated heterocycles. The average molecular weight is 152 g/mol. The van der Waals surface area contributed by atoms with Crippen LogP contribution in [0.3, 0.4) is 0 Å². The highest BCUT2D eigenvalue weighted by molar-refractivity contribution is 4.98. The molecule has 0 N–H and O–H groups in total. The molecule has 2 nitrogen and oxygen atoms in total. The predicted molar refractivity (Wildman–Crippen MR) is 43.6 cm³/mol. The molecule has 0 aliphatic carbocycles. The van der Waals surface area contributed by atoms with E-state index in [2.05, 4.69) is 6.92 Å². The van der Waals surface area contributed by atoms with E-state index in [1.54, 1.807) is 6.07 Å². The van der Waals surface area contributed by atoms with Gasteiger partial charge in [-0.25, -0.2) is 4.79 Å². The first kappa shape index (κ1) is 8.05. The number of hydrogen-bond acceptors (Lipinski definition) is 2. The molecule has 2 heteroatoms. The lowest BCUT2D eigenvalue weighted by Gasteiger charge is -1.95. The van der Waals surface area contributed by atoms with Gasteiger partial charge in [0.1, 0.15) is 5.76 Å². The van der Waals surface area contributed by atoms with E-state index in [1.165, 1.54) is 6.07 Å². The minimum absolute atomic E-state index is 0.251. The van der Waals surface area contributed by atoms with Crippen molar-refractivity contribution < 1.29 is 4.42 Å². The molecule has 0 unspecified atom stereocenters. The summed E-state index contributed by atoms with van der Waals surface area (Å²) in [7, 11) is 0. The van der Waals surface area contributed by atoms with Gasteiger partial charge in [0, 0.05) is 12.5 Å². The van der Waals surface area contributed by atoms with Crippen LogP contribution in [0.1, 0.15) is 25.5 Å². The largest absolute Gasteiger partial charge is 0.428 e. The Morgan fingerprint density at radius 3 is 2.91 bits per heavy atom. The SMILES string of the molecule is CCCCc1cccc(=O)o1. The van der Waals surface area contributed by atoms with E-state index in [0.717, 1.165) is 25.0 Å². The van der Waals surface area contributed by atoms with Gasteiger partial charge in [0.05, 0.1) is 0 Å². The van der Waals surface area contributed by atoms with Gasteiger partial charge in [0.15, 0.2) is 0 Å². The molecular weight excluding hydrogens is 140 g/mol. The molecule has 1 aromatic rings. The summed E-state index contributed by atoms with van der Waals surface area (Å²) in [4.78, 5) is 10.7. The van der Waals surface area contributed by atoms with Crippen molar-refractivity contribution in [3.8, 4) is 0 Å². The maximum Gasteiger partial charge on any atom is 0.335 e. The van der Waals surface area contributed by atoms with E-state index >= 15 is 0 Å². The molecule has 0 amide bonds. The van der Waals surface area contributed by atoms with Crippen molar-refractivity contribution in [1.82, 2.24) is 0 Å². The second kappa shape index (κ2) is 3.96. The molecule has 0 fully saturated rings. The molecule has 0 aliphatic rings. The maximum atomic E-state index is 10.7. The fourth-order valence-electron chi connectivity index (χ4n) is 0.917. The number of unbranched alkanes of at least 4 members (excludes halogenated alkanes) is 1. The molecular formula is C9H12O2. The van der Waals surface area contributed by atoms with Crippen molar-refractivity contribution >= 4 is 0 Å². The molecule has 1 rings (SSSR count). The second-order valence-corrected chi connectivity index (χ2v) is 2.52. The Hall–Kier alpha value is -1.05. The Kier molecular flexibility index (Phi) is 2.90. The van der Waals surface area contributed by atoms with Gasteiger partial charge in [-0.15, -0.1) is 0 Å². The minimum atomic E-state index is -0.251. The normalized spacial score (nSPS) is 9.91. The first-order valence-electron chi connectivity index (χ1n) is 3.92. The Balaban J connectivity index is 2.64. The van der Waals surface area contributed by atoms with Gasteiger partial charge in [-0.2, -0.15) is 0 Å². The van der Waals surface area contributed by atoms with Crippen LogP contribution in [-0.4, -0.2) is 0 Å². The van der Waals surface area contributed by atoms with Gasteiger partial charge in [-0.3, -0.25) is 0 Å². The fourth-order valence-corrected chi connectivity index (χ4v) is 0.917. The summed E-state index contributed by atoms with van der Waals surface area (Å²) in [5.41, 5.74) is -0.251. The van der Waals surface area contributed by atoms with E-state index < -0.39 is 0 Å². The van der Waals surface area contributed by atoms with Crippen LogP contribution in [0.15, 0.2) is 27.4 Å². The van der Waals surface area contributed by atoms with Crippen molar-refractivity contribution in [2.24, 2.45) is 0 Å². The highest BCUT2D eigenvalue weighted by Gasteiger charge is 1.93. The molecule has 0 aliphatic heterocycles. The summed E-state index contributed by atoms with van der Waals surface area (Å²) in [5, 5.41) is 0. The zero-order chi connectivity index (χ0) is 8.10. The van der Waals surface area contributed by atoms with Gasteiger partial charge in [0.2, 0.25) is 0 Å². The summed E-state index contributed by atoms with van der Waals surface area (Å²) in [6.45, 7) is 2.11. The third-order valence-electron chi connectivity index (χ3n) is 1.52. The summed E-state index contributed by atoms with van der Waals surface area (Å²) >= 11 is 0. The summed E-state index contributed by atoms with van der Waals surface area (Å²) < 4.78 is 4.92. The van der Waals surface area contributed by atoms with Crippen LogP contribution in [-0.2, 0) is 6.42 Å². The van der Waals surface area contributed by atoms with E-state index in [-0.39, 0.29) is 5.63 Å². The van der Waals surface area contributed by atoms with Gasteiger partial charge in [0.25, 0.3) is 0 Å². The maximum absolute atomic E-state index is 10.7. The third-order valence-corrected chi connectivity index (χ3v) is 1.52. The van der Waals surface area contributed by atoms with Crippen molar-refractivity contribution in [3.63, 3.8) is 0 Å². The van der Waals surface area contributed by atoms with Crippen LogP contribution in [0.25, 0.3) is 0 Å². The summed E-state index contributed by atoms with van der Waals surface area (Å²) in [5.74, 6) is 0.791. The molecule has 0 bridgehead atoms. The minimum Gasteiger partial charge on any atom is -0.428 e.